The van der Waals surface area contributed by atoms with Crippen LogP contribution in [0.1, 0.15) is 55.1 Å². The lowest BCUT2D eigenvalue weighted by atomic mass is 9.81. The van der Waals surface area contributed by atoms with Crippen molar-refractivity contribution in [1.29, 1.82) is 0 Å². The number of fused-ring (bicyclic) bond motifs is 3. The Kier molecular flexibility index (Phi) is 4.85. The Morgan fingerprint density at radius 2 is 1.90 bits per heavy atom. The molecule has 0 spiro atoms. The molecular weight excluding hydrogens is 364 g/mol. The zero-order valence-corrected chi connectivity index (χ0v) is 17.5. The minimum absolute atomic E-state index is 0.0613. The van der Waals surface area contributed by atoms with E-state index >= 15 is 0 Å². The van der Waals surface area contributed by atoms with E-state index in [0.717, 1.165) is 28.7 Å². The maximum atomic E-state index is 13.1. The number of rotatable bonds is 2. The molecule has 0 bridgehead atoms. The van der Waals surface area contributed by atoms with E-state index in [1.807, 2.05) is 51.1 Å². The van der Waals surface area contributed by atoms with Crippen molar-refractivity contribution in [1.82, 2.24) is 10.2 Å². The van der Waals surface area contributed by atoms with Gasteiger partial charge in [0.15, 0.2) is 0 Å². The second-order valence-corrected chi connectivity index (χ2v) is 8.90. The van der Waals surface area contributed by atoms with Gasteiger partial charge < -0.3 is 15.0 Å². The highest BCUT2D eigenvalue weighted by Crippen LogP contribution is 2.39. The van der Waals surface area contributed by atoms with Gasteiger partial charge in [0.1, 0.15) is 5.60 Å². The molecule has 4 rings (SSSR count). The van der Waals surface area contributed by atoms with Gasteiger partial charge in [-0.2, -0.15) is 0 Å². The first kappa shape index (κ1) is 19.5. The lowest BCUT2D eigenvalue weighted by Gasteiger charge is -2.30. The van der Waals surface area contributed by atoms with Crippen LogP contribution in [0.25, 0.3) is 11.1 Å². The molecule has 2 amide bonds. The maximum absolute atomic E-state index is 13.1. The molecule has 1 N–H and O–H groups in total. The zero-order chi connectivity index (χ0) is 20.8. The number of hydrogen-bond donors (Lipinski definition) is 1. The van der Waals surface area contributed by atoms with Gasteiger partial charge in [0, 0.05) is 19.0 Å². The summed E-state index contributed by atoms with van der Waals surface area (Å²) in [6, 6.07) is 14.2. The summed E-state index contributed by atoms with van der Waals surface area (Å²) >= 11 is 0. The summed E-state index contributed by atoms with van der Waals surface area (Å²) in [4.78, 5) is 27.4. The van der Waals surface area contributed by atoms with Gasteiger partial charge in [-0.05, 0) is 49.4 Å². The molecule has 5 nitrogen and oxygen atoms in total. The normalized spacial score (nSPS) is 20.7. The van der Waals surface area contributed by atoms with E-state index in [2.05, 4.69) is 24.4 Å². The Bertz CT molecular complexity index is 947. The van der Waals surface area contributed by atoms with E-state index in [9.17, 15) is 9.59 Å². The standard InChI is InChI=1S/C24H28N2O3/c1-5-15-11-17(16-9-7-6-8-10-16)21-18(12-15)19-13-26(14-20(19)25-22(21)27)23(28)29-24(2,3)4/h6-12,19-20H,5,13-14H2,1-4H3,(H,25,27)/t19-,20+/m1/s1. The molecule has 2 aromatic rings. The van der Waals surface area contributed by atoms with Gasteiger partial charge >= 0.3 is 6.09 Å². The molecule has 29 heavy (non-hydrogen) atoms. The number of nitrogens with zero attached hydrogens (tertiary/aromatic N) is 1. The van der Waals surface area contributed by atoms with Crippen LogP contribution in [-0.4, -0.2) is 41.6 Å². The summed E-state index contributed by atoms with van der Waals surface area (Å²) in [5.74, 6) is 0.0120. The summed E-state index contributed by atoms with van der Waals surface area (Å²) < 4.78 is 5.55. The summed E-state index contributed by atoms with van der Waals surface area (Å²) in [6.07, 6.45) is 0.569. The Labute approximate surface area is 172 Å². The van der Waals surface area contributed by atoms with Crippen molar-refractivity contribution >= 4 is 12.0 Å². The van der Waals surface area contributed by atoms with Crippen molar-refractivity contribution in [3.05, 3.63) is 59.2 Å². The molecule has 0 radical (unpaired) electrons. The molecule has 2 atom stereocenters. The Morgan fingerprint density at radius 3 is 2.55 bits per heavy atom. The van der Waals surface area contributed by atoms with Crippen molar-refractivity contribution in [2.24, 2.45) is 0 Å². The van der Waals surface area contributed by atoms with Crippen LogP contribution in [-0.2, 0) is 11.2 Å². The van der Waals surface area contributed by atoms with Crippen LogP contribution in [0.5, 0.6) is 0 Å². The molecule has 2 aliphatic heterocycles. The predicted octanol–water partition coefficient (Wildman–Crippen LogP) is 4.36. The molecular formula is C24H28N2O3. The number of benzene rings is 2. The number of carbonyl (C=O) groups excluding carboxylic acids is 2. The van der Waals surface area contributed by atoms with E-state index in [0.29, 0.717) is 13.1 Å². The third kappa shape index (κ3) is 3.74. The number of likely N-dealkylation sites (tertiary alicyclic amines) is 1. The smallest absolute Gasteiger partial charge is 0.410 e. The highest BCUT2D eigenvalue weighted by molar-refractivity contribution is 6.04. The Balaban J connectivity index is 1.74. The molecule has 2 aliphatic rings. The van der Waals surface area contributed by atoms with Gasteiger partial charge in [0.05, 0.1) is 11.6 Å². The molecule has 0 aliphatic carbocycles. The number of hydrogen-bond acceptors (Lipinski definition) is 3. The van der Waals surface area contributed by atoms with Crippen LogP contribution < -0.4 is 5.32 Å². The van der Waals surface area contributed by atoms with Gasteiger partial charge in [-0.25, -0.2) is 4.79 Å². The molecule has 0 saturated carbocycles. The summed E-state index contributed by atoms with van der Waals surface area (Å²) in [5, 5.41) is 3.14. The van der Waals surface area contributed by atoms with Crippen molar-refractivity contribution in [3.63, 3.8) is 0 Å². The van der Waals surface area contributed by atoms with Crippen molar-refractivity contribution in [3.8, 4) is 11.1 Å². The molecule has 0 unspecified atom stereocenters. The van der Waals surface area contributed by atoms with Crippen LogP contribution >= 0.6 is 0 Å². The topological polar surface area (TPSA) is 58.6 Å². The first-order chi connectivity index (χ1) is 13.8. The molecule has 2 aromatic carbocycles. The fourth-order valence-electron chi connectivity index (χ4n) is 4.30. The fourth-order valence-corrected chi connectivity index (χ4v) is 4.30. The third-order valence-electron chi connectivity index (χ3n) is 5.64. The minimum Gasteiger partial charge on any atom is -0.444 e. The SMILES string of the molecule is CCc1cc(-c2ccccc2)c2c(c1)[C@H]1CN(C(=O)OC(C)(C)C)C[C@@H]1NC2=O. The van der Waals surface area contributed by atoms with Gasteiger partial charge in [0.25, 0.3) is 5.91 Å². The number of amides is 2. The largest absolute Gasteiger partial charge is 0.444 e. The molecule has 152 valence electrons. The number of carbonyl (C=O) groups is 2. The average Bonchev–Trinajstić information content (AvgIpc) is 3.11. The quantitative estimate of drug-likeness (QED) is 0.826. The first-order valence-corrected chi connectivity index (χ1v) is 10.3. The van der Waals surface area contributed by atoms with E-state index in [-0.39, 0.29) is 24.0 Å². The van der Waals surface area contributed by atoms with Crippen LogP contribution in [0.4, 0.5) is 4.79 Å². The van der Waals surface area contributed by atoms with E-state index in [1.54, 1.807) is 4.90 Å². The molecule has 1 saturated heterocycles. The number of ether oxygens (including phenoxy) is 1. The van der Waals surface area contributed by atoms with Crippen molar-refractivity contribution in [2.45, 2.75) is 51.7 Å². The first-order valence-electron chi connectivity index (χ1n) is 10.3. The highest BCUT2D eigenvalue weighted by atomic mass is 16.6. The van der Waals surface area contributed by atoms with Gasteiger partial charge in [-0.1, -0.05) is 49.4 Å². The van der Waals surface area contributed by atoms with Gasteiger partial charge in [-0.15, -0.1) is 0 Å². The second-order valence-electron chi connectivity index (χ2n) is 8.90. The molecule has 2 heterocycles. The molecule has 1 fully saturated rings. The Morgan fingerprint density at radius 1 is 1.17 bits per heavy atom. The number of aryl methyl sites for hydroxylation is 1. The van der Waals surface area contributed by atoms with Crippen LogP contribution in [0.15, 0.2) is 42.5 Å². The van der Waals surface area contributed by atoms with E-state index in [4.69, 9.17) is 4.74 Å². The van der Waals surface area contributed by atoms with Crippen LogP contribution in [0.3, 0.4) is 0 Å². The summed E-state index contributed by atoms with van der Waals surface area (Å²) in [7, 11) is 0. The summed E-state index contributed by atoms with van der Waals surface area (Å²) in [6.45, 7) is 8.74. The van der Waals surface area contributed by atoms with Gasteiger partial charge in [-0.3, -0.25) is 4.79 Å². The van der Waals surface area contributed by atoms with Crippen molar-refractivity contribution < 1.29 is 14.3 Å². The zero-order valence-electron chi connectivity index (χ0n) is 17.5. The maximum Gasteiger partial charge on any atom is 0.410 e. The average molecular weight is 392 g/mol. The lowest BCUT2D eigenvalue weighted by molar-refractivity contribution is 0.0288. The molecule has 0 aromatic heterocycles. The minimum atomic E-state index is -0.540. The monoisotopic (exact) mass is 392 g/mol. The highest BCUT2D eigenvalue weighted by Gasteiger charge is 2.44. The van der Waals surface area contributed by atoms with Crippen molar-refractivity contribution in [2.75, 3.05) is 13.1 Å². The fraction of sp³-hybridized carbons (Fsp3) is 0.417. The Hall–Kier alpha value is -2.82. The van der Waals surface area contributed by atoms with E-state index < -0.39 is 5.60 Å². The second kappa shape index (κ2) is 7.21. The van der Waals surface area contributed by atoms with Gasteiger partial charge in [0.2, 0.25) is 0 Å². The van der Waals surface area contributed by atoms with Crippen LogP contribution in [0, 0.1) is 0 Å². The van der Waals surface area contributed by atoms with Crippen LogP contribution in [0.2, 0.25) is 0 Å². The van der Waals surface area contributed by atoms with E-state index in [1.165, 1.54) is 5.56 Å². The summed E-state index contributed by atoms with van der Waals surface area (Å²) in [5.41, 5.74) is 4.44. The predicted molar refractivity (Wildman–Crippen MR) is 113 cm³/mol. The number of nitrogens with one attached hydrogen (secondary N) is 1. The lowest BCUT2D eigenvalue weighted by Crippen LogP contribution is -2.45. The molecule has 5 heteroatoms. The third-order valence-corrected chi connectivity index (χ3v) is 5.64.